The van der Waals surface area contributed by atoms with Crippen LogP contribution in [0, 0.1) is 0 Å². The highest BCUT2D eigenvalue weighted by Gasteiger charge is 2.25. The van der Waals surface area contributed by atoms with Gasteiger partial charge in [-0.3, -0.25) is 9.97 Å². The number of hydrogen-bond donors (Lipinski definition) is 1. The number of rotatable bonds is 3. The fourth-order valence-corrected chi connectivity index (χ4v) is 4.31. The highest BCUT2D eigenvalue weighted by molar-refractivity contribution is 7.89. The first-order chi connectivity index (χ1) is 9.56. The van der Waals surface area contributed by atoms with E-state index in [-0.39, 0.29) is 10.9 Å². The van der Waals surface area contributed by atoms with Crippen molar-refractivity contribution in [3.63, 3.8) is 0 Å². The van der Waals surface area contributed by atoms with Crippen LogP contribution >= 0.6 is 11.6 Å². The van der Waals surface area contributed by atoms with Crippen molar-refractivity contribution in [2.45, 2.75) is 36.6 Å². The third-order valence-corrected chi connectivity index (χ3v) is 5.22. The van der Waals surface area contributed by atoms with E-state index in [2.05, 4.69) is 14.7 Å². The van der Waals surface area contributed by atoms with Crippen LogP contribution in [0.4, 0.5) is 0 Å². The van der Waals surface area contributed by atoms with Crippen LogP contribution in [-0.2, 0) is 10.0 Å². The van der Waals surface area contributed by atoms with Crippen molar-refractivity contribution in [1.29, 1.82) is 0 Å². The Labute approximate surface area is 122 Å². The summed E-state index contributed by atoms with van der Waals surface area (Å²) in [6, 6.07) is 3.04. The van der Waals surface area contributed by atoms with Crippen molar-refractivity contribution < 1.29 is 8.42 Å². The van der Waals surface area contributed by atoms with Gasteiger partial charge in [0, 0.05) is 23.5 Å². The van der Waals surface area contributed by atoms with E-state index < -0.39 is 10.0 Å². The second-order valence-corrected chi connectivity index (χ2v) is 7.05. The molecule has 0 radical (unpaired) electrons. The van der Waals surface area contributed by atoms with E-state index >= 15 is 0 Å². The minimum atomic E-state index is -3.63. The van der Waals surface area contributed by atoms with Crippen molar-refractivity contribution in [2.24, 2.45) is 0 Å². The van der Waals surface area contributed by atoms with Crippen LogP contribution in [0.2, 0.25) is 5.02 Å². The van der Waals surface area contributed by atoms with Crippen molar-refractivity contribution in [3.8, 4) is 0 Å². The number of aromatic nitrogens is 2. The molecular formula is C13H14ClN3O2S. The third-order valence-electron chi connectivity index (χ3n) is 3.47. The number of nitrogens with one attached hydrogen (secondary N) is 1. The summed E-state index contributed by atoms with van der Waals surface area (Å²) in [5, 5.41) is 0.338. The van der Waals surface area contributed by atoms with E-state index in [1.165, 1.54) is 18.5 Å². The van der Waals surface area contributed by atoms with Gasteiger partial charge in [0.2, 0.25) is 10.0 Å². The lowest BCUT2D eigenvalue weighted by atomic mass is 10.3. The van der Waals surface area contributed by atoms with Crippen LogP contribution < -0.4 is 4.72 Å². The first-order valence-corrected chi connectivity index (χ1v) is 8.35. The van der Waals surface area contributed by atoms with Crippen LogP contribution in [0.1, 0.15) is 25.7 Å². The molecule has 5 nitrogen and oxygen atoms in total. The lowest BCUT2D eigenvalue weighted by Gasteiger charge is -2.13. The van der Waals surface area contributed by atoms with E-state index in [9.17, 15) is 8.42 Å². The van der Waals surface area contributed by atoms with Gasteiger partial charge >= 0.3 is 0 Å². The van der Waals surface area contributed by atoms with Gasteiger partial charge in [-0.2, -0.15) is 0 Å². The number of sulfonamides is 1. The molecule has 0 spiro atoms. The van der Waals surface area contributed by atoms with Gasteiger partial charge in [-0.15, -0.1) is 0 Å². The summed E-state index contributed by atoms with van der Waals surface area (Å²) in [5.74, 6) is 0. The molecule has 0 saturated heterocycles. The Morgan fingerprint density at radius 1 is 1.15 bits per heavy atom. The second-order valence-electron chi connectivity index (χ2n) is 4.93. The Kier molecular flexibility index (Phi) is 3.62. The van der Waals surface area contributed by atoms with Crippen LogP contribution in [0.25, 0.3) is 11.0 Å². The maximum absolute atomic E-state index is 12.5. The summed E-state index contributed by atoms with van der Waals surface area (Å²) < 4.78 is 27.8. The number of halogens is 1. The lowest BCUT2D eigenvalue weighted by molar-refractivity contribution is 0.553. The summed E-state index contributed by atoms with van der Waals surface area (Å²) in [6.07, 6.45) is 6.86. The number of fused-ring (bicyclic) bond motifs is 1. The Morgan fingerprint density at radius 3 is 2.60 bits per heavy atom. The van der Waals surface area contributed by atoms with Crippen molar-refractivity contribution >= 4 is 32.7 Å². The quantitative estimate of drug-likeness (QED) is 0.945. The molecule has 0 unspecified atom stereocenters. The van der Waals surface area contributed by atoms with Gasteiger partial charge in [-0.25, -0.2) is 13.1 Å². The van der Waals surface area contributed by atoms with Crippen LogP contribution in [-0.4, -0.2) is 24.4 Å². The third kappa shape index (κ3) is 2.63. The molecule has 0 aliphatic heterocycles. The maximum Gasteiger partial charge on any atom is 0.243 e. The highest BCUT2D eigenvalue weighted by Crippen LogP contribution is 2.26. The zero-order valence-corrected chi connectivity index (χ0v) is 12.3. The summed E-state index contributed by atoms with van der Waals surface area (Å²) in [7, 11) is -3.63. The number of hydrogen-bond acceptors (Lipinski definition) is 4. The maximum atomic E-state index is 12.5. The van der Waals surface area contributed by atoms with E-state index in [1.54, 1.807) is 6.07 Å². The smallest absolute Gasteiger partial charge is 0.243 e. The predicted octanol–water partition coefficient (Wildman–Crippen LogP) is 2.50. The Bertz CT molecular complexity index is 742. The Hall–Kier alpha value is -1.24. The molecule has 20 heavy (non-hydrogen) atoms. The standard InChI is InChI=1S/C13H14ClN3O2S/c14-9-7-11-13(16-6-5-15-11)12(8-9)20(18,19)17-10-3-1-2-4-10/h5-8,10,17H,1-4H2. The zero-order valence-electron chi connectivity index (χ0n) is 10.7. The Balaban J connectivity index is 2.08. The molecule has 1 heterocycles. The molecule has 1 aromatic heterocycles. The molecule has 0 amide bonds. The fourth-order valence-electron chi connectivity index (χ4n) is 2.54. The average molecular weight is 312 g/mol. The molecule has 1 aromatic carbocycles. The minimum Gasteiger partial charge on any atom is -0.253 e. The molecule has 3 rings (SSSR count). The molecule has 0 bridgehead atoms. The summed E-state index contributed by atoms with van der Waals surface area (Å²) >= 11 is 5.99. The molecule has 1 aliphatic carbocycles. The molecule has 1 aliphatic rings. The van der Waals surface area contributed by atoms with Gasteiger partial charge in [0.15, 0.2) is 0 Å². The molecule has 7 heteroatoms. The van der Waals surface area contributed by atoms with E-state index in [0.717, 1.165) is 25.7 Å². The van der Waals surface area contributed by atoms with Crippen LogP contribution in [0.15, 0.2) is 29.4 Å². The minimum absolute atomic E-state index is 0.00528. The number of benzene rings is 1. The molecule has 1 N–H and O–H groups in total. The Morgan fingerprint density at radius 2 is 1.85 bits per heavy atom. The van der Waals surface area contributed by atoms with Crippen molar-refractivity contribution in [3.05, 3.63) is 29.5 Å². The largest absolute Gasteiger partial charge is 0.253 e. The van der Waals surface area contributed by atoms with Gasteiger partial charge in [0.1, 0.15) is 10.4 Å². The highest BCUT2D eigenvalue weighted by atomic mass is 35.5. The van der Waals surface area contributed by atoms with E-state index in [4.69, 9.17) is 11.6 Å². The van der Waals surface area contributed by atoms with Crippen molar-refractivity contribution in [2.75, 3.05) is 0 Å². The summed E-state index contributed by atoms with van der Waals surface area (Å²) in [5.41, 5.74) is 0.828. The van der Waals surface area contributed by atoms with Gasteiger partial charge in [0.05, 0.1) is 5.52 Å². The first kappa shape index (κ1) is 13.7. The molecule has 1 fully saturated rings. The van der Waals surface area contributed by atoms with Gasteiger partial charge in [-0.1, -0.05) is 24.4 Å². The van der Waals surface area contributed by atoms with Gasteiger partial charge in [0.25, 0.3) is 0 Å². The molecule has 0 atom stereocenters. The molecule has 1 saturated carbocycles. The average Bonchev–Trinajstić information content (AvgIpc) is 2.89. The van der Waals surface area contributed by atoms with Gasteiger partial charge in [-0.05, 0) is 25.0 Å². The lowest BCUT2D eigenvalue weighted by Crippen LogP contribution is -2.32. The fraction of sp³-hybridized carbons (Fsp3) is 0.385. The monoisotopic (exact) mass is 311 g/mol. The van der Waals surface area contributed by atoms with E-state index in [1.807, 2.05) is 0 Å². The molecule has 2 aromatic rings. The molecular weight excluding hydrogens is 298 g/mol. The second kappa shape index (κ2) is 5.27. The SMILES string of the molecule is O=S(=O)(NC1CCCC1)c1cc(Cl)cc2nccnc12. The van der Waals surface area contributed by atoms with E-state index in [0.29, 0.717) is 16.1 Å². The first-order valence-electron chi connectivity index (χ1n) is 6.49. The van der Waals surface area contributed by atoms with Gasteiger partial charge < -0.3 is 0 Å². The normalized spacial score (nSPS) is 16.9. The topological polar surface area (TPSA) is 72.0 Å². The summed E-state index contributed by atoms with van der Waals surface area (Å²) in [4.78, 5) is 8.33. The summed E-state index contributed by atoms with van der Waals surface area (Å²) in [6.45, 7) is 0. The van der Waals surface area contributed by atoms with Crippen molar-refractivity contribution in [1.82, 2.24) is 14.7 Å². The predicted molar refractivity (Wildman–Crippen MR) is 77.1 cm³/mol. The molecule has 106 valence electrons. The van der Waals surface area contributed by atoms with Crippen LogP contribution in [0.5, 0.6) is 0 Å². The number of nitrogens with zero attached hydrogens (tertiary/aromatic N) is 2. The van der Waals surface area contributed by atoms with Crippen LogP contribution in [0.3, 0.4) is 0 Å². The zero-order chi connectivity index (χ0) is 14.2.